The van der Waals surface area contributed by atoms with Crippen LogP contribution in [-0.2, 0) is 26.2 Å². The average Bonchev–Trinajstić information content (AvgIpc) is 3.33. The number of carbonyl (C=O) groups is 2. The molecule has 0 aliphatic heterocycles. The highest BCUT2D eigenvalue weighted by Gasteiger charge is 2.32. The van der Waals surface area contributed by atoms with E-state index in [1.165, 1.54) is 23.1 Å². The third-order valence-electron chi connectivity index (χ3n) is 6.18. The summed E-state index contributed by atoms with van der Waals surface area (Å²) < 4.78 is 45.4. The van der Waals surface area contributed by atoms with Gasteiger partial charge in [-0.25, -0.2) is 12.8 Å². The fourth-order valence-electron chi connectivity index (χ4n) is 4.15. The van der Waals surface area contributed by atoms with Crippen molar-refractivity contribution in [2.24, 2.45) is 0 Å². The van der Waals surface area contributed by atoms with Crippen molar-refractivity contribution < 1.29 is 27.1 Å². The van der Waals surface area contributed by atoms with Crippen molar-refractivity contribution in [1.29, 1.82) is 0 Å². The zero-order chi connectivity index (χ0) is 25.6. The lowest BCUT2D eigenvalue weighted by Crippen LogP contribution is -2.52. The van der Waals surface area contributed by atoms with E-state index in [9.17, 15) is 22.4 Å². The Balaban J connectivity index is 1.88. The molecule has 0 aromatic heterocycles. The summed E-state index contributed by atoms with van der Waals surface area (Å²) in [4.78, 5) is 27.8. The summed E-state index contributed by atoms with van der Waals surface area (Å²) in [6, 6.07) is 11.6. The first-order valence-corrected chi connectivity index (χ1v) is 13.4. The van der Waals surface area contributed by atoms with Gasteiger partial charge < -0.3 is 15.0 Å². The van der Waals surface area contributed by atoms with Gasteiger partial charge in [0.05, 0.1) is 19.1 Å². The van der Waals surface area contributed by atoms with Crippen LogP contribution in [0.25, 0.3) is 0 Å². The lowest BCUT2D eigenvalue weighted by atomic mass is 10.1. The smallest absolute Gasteiger partial charge is 0.244 e. The minimum absolute atomic E-state index is 0.0637. The molecule has 0 unspecified atom stereocenters. The number of rotatable bonds is 10. The highest BCUT2D eigenvalue weighted by molar-refractivity contribution is 7.92. The van der Waals surface area contributed by atoms with Gasteiger partial charge in [0.25, 0.3) is 0 Å². The molecule has 35 heavy (non-hydrogen) atoms. The van der Waals surface area contributed by atoms with Gasteiger partial charge in [-0.1, -0.05) is 37.1 Å². The number of carbonyl (C=O) groups excluding carboxylic acids is 2. The van der Waals surface area contributed by atoms with E-state index in [1.807, 2.05) is 0 Å². The largest absolute Gasteiger partial charge is 0.497 e. The molecular weight excluding hydrogens is 473 g/mol. The van der Waals surface area contributed by atoms with E-state index in [1.54, 1.807) is 38.3 Å². The van der Waals surface area contributed by atoms with Crippen molar-refractivity contribution in [2.45, 2.75) is 51.2 Å². The van der Waals surface area contributed by atoms with Gasteiger partial charge in [0.1, 0.15) is 24.2 Å². The first-order valence-electron chi connectivity index (χ1n) is 11.5. The predicted octanol–water partition coefficient (Wildman–Crippen LogP) is 3.08. The lowest BCUT2D eigenvalue weighted by Gasteiger charge is -2.32. The molecule has 0 spiro atoms. The van der Waals surface area contributed by atoms with Crippen molar-refractivity contribution in [2.75, 3.05) is 24.2 Å². The van der Waals surface area contributed by atoms with Crippen LogP contribution in [0.5, 0.6) is 5.75 Å². The van der Waals surface area contributed by atoms with E-state index in [0.29, 0.717) is 5.75 Å². The Morgan fingerprint density at radius 2 is 1.74 bits per heavy atom. The number of sulfonamides is 1. The number of nitrogens with one attached hydrogen (secondary N) is 1. The third-order valence-corrected chi connectivity index (χ3v) is 7.31. The summed E-state index contributed by atoms with van der Waals surface area (Å²) in [6.45, 7) is 1.04. The number of anilines is 1. The second kappa shape index (κ2) is 11.5. The number of methoxy groups -OCH3 is 1. The fraction of sp³-hybridized carbons (Fsp3) is 0.440. The number of halogens is 1. The van der Waals surface area contributed by atoms with Crippen LogP contribution in [-0.4, -0.2) is 57.1 Å². The van der Waals surface area contributed by atoms with Crippen LogP contribution in [0.2, 0.25) is 0 Å². The van der Waals surface area contributed by atoms with Crippen molar-refractivity contribution in [1.82, 2.24) is 10.2 Å². The first kappa shape index (κ1) is 26.5. The zero-order valence-corrected chi connectivity index (χ0v) is 21.1. The average molecular weight is 506 g/mol. The maximum atomic E-state index is 14.4. The quantitative estimate of drug-likeness (QED) is 0.535. The Hall–Kier alpha value is -3.14. The molecule has 10 heteroatoms. The number of hydrogen-bond donors (Lipinski definition) is 1. The van der Waals surface area contributed by atoms with E-state index < -0.39 is 34.3 Å². The summed E-state index contributed by atoms with van der Waals surface area (Å²) in [5.74, 6) is -1.06. The van der Waals surface area contributed by atoms with Crippen molar-refractivity contribution in [3.8, 4) is 5.75 Å². The minimum atomic E-state index is -3.99. The van der Waals surface area contributed by atoms with E-state index in [4.69, 9.17) is 4.74 Å². The molecule has 1 aliphatic carbocycles. The molecular formula is C25H32FN3O5S. The molecule has 0 radical (unpaired) electrons. The molecule has 1 atom stereocenters. The summed E-state index contributed by atoms with van der Waals surface area (Å²) in [5.41, 5.74) is 0.507. The maximum Gasteiger partial charge on any atom is 0.244 e. The molecule has 1 saturated carbocycles. The van der Waals surface area contributed by atoms with Gasteiger partial charge in [0, 0.05) is 12.6 Å². The van der Waals surface area contributed by atoms with Crippen LogP contribution in [0.3, 0.4) is 0 Å². The second-order valence-electron chi connectivity index (χ2n) is 8.76. The molecule has 190 valence electrons. The van der Waals surface area contributed by atoms with Crippen molar-refractivity contribution >= 4 is 27.5 Å². The zero-order valence-electron chi connectivity index (χ0n) is 20.2. The summed E-state index contributed by atoms with van der Waals surface area (Å²) >= 11 is 0. The SMILES string of the molecule is COc1ccc(CN(C(=O)CN(c2ccccc2F)S(C)(=O)=O)[C@@H](C)C(=O)NC2CCCC2)cc1. The number of nitrogens with zero attached hydrogens (tertiary/aromatic N) is 2. The Labute approximate surface area is 206 Å². The monoisotopic (exact) mass is 505 g/mol. The summed E-state index contributed by atoms with van der Waals surface area (Å²) in [5, 5.41) is 3.00. The van der Waals surface area contributed by atoms with Crippen LogP contribution in [0, 0.1) is 5.82 Å². The number of ether oxygens (including phenoxy) is 1. The number of benzene rings is 2. The molecule has 2 amide bonds. The Morgan fingerprint density at radius 1 is 1.11 bits per heavy atom. The molecule has 3 rings (SSSR count). The Morgan fingerprint density at radius 3 is 2.31 bits per heavy atom. The minimum Gasteiger partial charge on any atom is -0.497 e. The standard InChI is InChI=1S/C25H32FN3O5S/c1-18(25(31)27-20-8-4-5-9-20)28(16-19-12-14-21(34-2)15-13-19)24(30)17-29(35(3,32)33)23-11-7-6-10-22(23)26/h6-7,10-15,18,20H,4-5,8-9,16-17H2,1-3H3,(H,27,31)/t18-/m0/s1. The molecule has 0 saturated heterocycles. The van der Waals surface area contributed by atoms with E-state index >= 15 is 0 Å². The number of hydrogen-bond acceptors (Lipinski definition) is 5. The fourth-order valence-corrected chi connectivity index (χ4v) is 5.00. The van der Waals surface area contributed by atoms with Gasteiger partial charge in [0.15, 0.2) is 0 Å². The van der Waals surface area contributed by atoms with Crippen molar-refractivity contribution in [3.63, 3.8) is 0 Å². The lowest BCUT2D eigenvalue weighted by molar-refractivity contribution is -0.139. The molecule has 1 fully saturated rings. The van der Waals surface area contributed by atoms with Gasteiger partial charge in [-0.2, -0.15) is 0 Å². The van der Waals surface area contributed by atoms with E-state index in [0.717, 1.165) is 47.9 Å². The second-order valence-corrected chi connectivity index (χ2v) is 10.7. The first-order chi connectivity index (χ1) is 16.6. The van der Waals surface area contributed by atoms with Crippen molar-refractivity contribution in [3.05, 3.63) is 59.9 Å². The predicted molar refractivity (Wildman–Crippen MR) is 132 cm³/mol. The van der Waals surface area contributed by atoms with Crippen LogP contribution < -0.4 is 14.4 Å². The molecule has 8 nitrogen and oxygen atoms in total. The highest BCUT2D eigenvalue weighted by atomic mass is 32.2. The van der Waals surface area contributed by atoms with Gasteiger partial charge >= 0.3 is 0 Å². The Bertz CT molecular complexity index is 1130. The highest BCUT2D eigenvalue weighted by Crippen LogP contribution is 2.23. The summed E-state index contributed by atoms with van der Waals surface area (Å²) in [6.07, 6.45) is 4.77. The molecule has 1 N–H and O–H groups in total. The molecule has 2 aromatic rings. The van der Waals surface area contributed by atoms with Gasteiger partial charge in [-0.15, -0.1) is 0 Å². The van der Waals surface area contributed by atoms with Crippen LogP contribution in [0.1, 0.15) is 38.2 Å². The normalized spacial score (nSPS) is 14.9. The van der Waals surface area contributed by atoms with E-state index in [-0.39, 0.29) is 24.2 Å². The van der Waals surface area contributed by atoms with Gasteiger partial charge in [-0.3, -0.25) is 13.9 Å². The van der Waals surface area contributed by atoms with Gasteiger partial charge in [-0.05, 0) is 49.6 Å². The molecule has 1 aliphatic rings. The topological polar surface area (TPSA) is 96.0 Å². The van der Waals surface area contributed by atoms with E-state index in [2.05, 4.69) is 5.32 Å². The number of amides is 2. The van der Waals surface area contributed by atoms with Gasteiger partial charge in [0.2, 0.25) is 21.8 Å². The molecule has 0 bridgehead atoms. The maximum absolute atomic E-state index is 14.4. The van der Waals surface area contributed by atoms with Crippen LogP contribution in [0.4, 0.5) is 10.1 Å². The Kier molecular flexibility index (Phi) is 8.71. The molecule has 0 heterocycles. The number of para-hydroxylation sites is 1. The summed E-state index contributed by atoms with van der Waals surface area (Å²) in [7, 11) is -2.44. The van der Waals surface area contributed by atoms with Crippen LogP contribution in [0.15, 0.2) is 48.5 Å². The third kappa shape index (κ3) is 6.94. The molecule has 2 aromatic carbocycles. The van der Waals surface area contributed by atoms with Crippen LogP contribution >= 0.6 is 0 Å².